The Bertz CT molecular complexity index is 477. The Morgan fingerprint density at radius 2 is 2.33 bits per heavy atom. The Morgan fingerprint density at radius 1 is 1.61 bits per heavy atom. The van der Waals surface area contributed by atoms with Crippen LogP contribution < -0.4 is 5.73 Å². The lowest BCUT2D eigenvalue weighted by molar-refractivity contribution is -0.127. The lowest BCUT2D eigenvalue weighted by Crippen LogP contribution is -2.41. The first kappa shape index (κ1) is 13.7. The van der Waals surface area contributed by atoms with E-state index in [1.807, 2.05) is 6.92 Å². The van der Waals surface area contributed by atoms with E-state index < -0.39 is 5.41 Å². The summed E-state index contributed by atoms with van der Waals surface area (Å²) < 4.78 is 14.0. The topological polar surface area (TPSA) is 43.1 Å². The summed E-state index contributed by atoms with van der Waals surface area (Å²) in [4.78, 5) is 12.4. The minimum atomic E-state index is -0.453. The number of carbonyl (C=O) groups is 1. The second kappa shape index (κ2) is 5.10. The molecular weight excluding hydrogens is 297 g/mol. The molecule has 1 aliphatic rings. The number of halogens is 2. The molecule has 1 aromatic carbocycles. The van der Waals surface area contributed by atoms with Crippen LogP contribution in [-0.2, 0) is 11.2 Å². The molecule has 0 amide bonds. The number of hydrogen-bond acceptors (Lipinski definition) is 2. The van der Waals surface area contributed by atoms with Crippen LogP contribution in [0.25, 0.3) is 0 Å². The van der Waals surface area contributed by atoms with Crippen LogP contribution in [-0.4, -0.2) is 11.8 Å². The zero-order chi connectivity index (χ0) is 13.3. The summed E-state index contributed by atoms with van der Waals surface area (Å²) in [5.41, 5.74) is 6.27. The zero-order valence-electron chi connectivity index (χ0n) is 10.4. The van der Waals surface area contributed by atoms with Crippen molar-refractivity contribution < 1.29 is 9.18 Å². The van der Waals surface area contributed by atoms with Gasteiger partial charge in [0.1, 0.15) is 11.6 Å². The normalized spacial score (nSPS) is 27.4. The third-order valence-electron chi connectivity index (χ3n) is 4.03. The number of carbonyl (C=O) groups excluding carboxylic acids is 1. The number of rotatable bonds is 3. The average Bonchev–Trinajstić information content (AvgIpc) is 2.66. The summed E-state index contributed by atoms with van der Waals surface area (Å²) >= 11 is 3.35. The Balaban J connectivity index is 2.19. The SMILES string of the molecule is CC1(C(=O)Cc2cc(F)ccc2Br)CCCC1N. The van der Waals surface area contributed by atoms with E-state index in [0.717, 1.165) is 23.7 Å². The first-order chi connectivity index (χ1) is 8.43. The van der Waals surface area contributed by atoms with E-state index in [4.69, 9.17) is 5.73 Å². The van der Waals surface area contributed by atoms with E-state index in [9.17, 15) is 9.18 Å². The van der Waals surface area contributed by atoms with Gasteiger partial charge in [-0.05, 0) is 36.6 Å². The van der Waals surface area contributed by atoms with Crippen molar-refractivity contribution in [3.63, 3.8) is 0 Å². The van der Waals surface area contributed by atoms with Gasteiger partial charge in [0, 0.05) is 22.4 Å². The van der Waals surface area contributed by atoms with E-state index >= 15 is 0 Å². The molecule has 18 heavy (non-hydrogen) atoms. The van der Waals surface area contributed by atoms with Gasteiger partial charge in [-0.15, -0.1) is 0 Å². The maximum absolute atomic E-state index is 13.2. The molecule has 2 N–H and O–H groups in total. The number of benzene rings is 1. The summed E-state index contributed by atoms with van der Waals surface area (Å²) in [5, 5.41) is 0. The van der Waals surface area contributed by atoms with Gasteiger partial charge in [-0.3, -0.25) is 4.79 Å². The van der Waals surface area contributed by atoms with E-state index in [2.05, 4.69) is 15.9 Å². The molecule has 0 bridgehead atoms. The second-order valence-corrected chi connectivity index (χ2v) is 6.11. The molecule has 1 aliphatic carbocycles. The summed E-state index contributed by atoms with van der Waals surface area (Å²) in [6.07, 6.45) is 2.96. The van der Waals surface area contributed by atoms with Gasteiger partial charge in [0.05, 0.1) is 0 Å². The van der Waals surface area contributed by atoms with E-state index in [0.29, 0.717) is 5.56 Å². The maximum atomic E-state index is 13.2. The molecule has 0 aliphatic heterocycles. The van der Waals surface area contributed by atoms with E-state index in [1.165, 1.54) is 12.1 Å². The van der Waals surface area contributed by atoms with Gasteiger partial charge >= 0.3 is 0 Å². The zero-order valence-corrected chi connectivity index (χ0v) is 12.0. The molecule has 98 valence electrons. The van der Waals surface area contributed by atoms with Crippen LogP contribution >= 0.6 is 15.9 Å². The molecule has 1 fully saturated rings. The summed E-state index contributed by atoms with van der Waals surface area (Å²) in [7, 11) is 0. The predicted octanol–water partition coefficient (Wildman–Crippen LogP) is 3.22. The standard InChI is InChI=1S/C14H17BrFNO/c1-14(6-2-3-12(14)17)13(18)8-9-7-10(16)4-5-11(9)15/h4-5,7,12H,2-3,6,8,17H2,1H3. The smallest absolute Gasteiger partial charge is 0.144 e. The van der Waals surface area contributed by atoms with E-state index in [1.54, 1.807) is 6.07 Å². The summed E-state index contributed by atoms with van der Waals surface area (Å²) in [6, 6.07) is 4.35. The quantitative estimate of drug-likeness (QED) is 0.931. The van der Waals surface area contributed by atoms with Crippen molar-refractivity contribution in [2.24, 2.45) is 11.1 Å². The fraction of sp³-hybridized carbons (Fsp3) is 0.500. The molecule has 2 rings (SSSR count). The lowest BCUT2D eigenvalue weighted by Gasteiger charge is -2.27. The Labute approximate surface area is 115 Å². The molecule has 0 heterocycles. The molecule has 0 radical (unpaired) electrons. The van der Waals surface area contributed by atoms with Crippen molar-refractivity contribution in [1.29, 1.82) is 0 Å². The van der Waals surface area contributed by atoms with Crippen molar-refractivity contribution >= 4 is 21.7 Å². The molecule has 0 spiro atoms. The molecule has 0 aromatic heterocycles. The third-order valence-corrected chi connectivity index (χ3v) is 4.80. The van der Waals surface area contributed by atoms with Gasteiger partial charge in [0.2, 0.25) is 0 Å². The fourth-order valence-electron chi connectivity index (χ4n) is 2.59. The Hall–Kier alpha value is -0.740. The largest absolute Gasteiger partial charge is 0.327 e. The van der Waals surface area contributed by atoms with Gasteiger partial charge in [0.15, 0.2) is 0 Å². The van der Waals surface area contributed by atoms with Crippen LogP contribution in [0.1, 0.15) is 31.7 Å². The van der Waals surface area contributed by atoms with Crippen LogP contribution in [0.2, 0.25) is 0 Å². The second-order valence-electron chi connectivity index (χ2n) is 5.25. The van der Waals surface area contributed by atoms with E-state index in [-0.39, 0.29) is 24.1 Å². The average molecular weight is 314 g/mol. The van der Waals surface area contributed by atoms with Gasteiger partial charge in [-0.2, -0.15) is 0 Å². The highest BCUT2D eigenvalue weighted by molar-refractivity contribution is 9.10. The molecule has 2 atom stereocenters. The molecule has 4 heteroatoms. The molecule has 0 saturated heterocycles. The highest BCUT2D eigenvalue weighted by Crippen LogP contribution is 2.38. The molecular formula is C14H17BrFNO. The Kier molecular flexibility index (Phi) is 3.87. The number of Topliss-reactive ketones (excluding diaryl/α,β-unsaturated/α-hetero) is 1. The molecule has 2 unspecified atom stereocenters. The minimum Gasteiger partial charge on any atom is -0.327 e. The summed E-state index contributed by atoms with van der Waals surface area (Å²) in [5.74, 6) is -0.208. The van der Waals surface area contributed by atoms with Crippen molar-refractivity contribution in [2.45, 2.75) is 38.6 Å². The fourth-order valence-corrected chi connectivity index (χ4v) is 2.98. The number of hydrogen-bond donors (Lipinski definition) is 1. The Morgan fingerprint density at radius 3 is 2.94 bits per heavy atom. The van der Waals surface area contributed by atoms with Crippen molar-refractivity contribution in [3.05, 3.63) is 34.1 Å². The van der Waals surface area contributed by atoms with Gasteiger partial charge < -0.3 is 5.73 Å². The monoisotopic (exact) mass is 313 g/mol. The van der Waals surface area contributed by atoms with Crippen LogP contribution in [0, 0.1) is 11.2 Å². The first-order valence-electron chi connectivity index (χ1n) is 6.16. The molecule has 1 aromatic rings. The number of nitrogens with two attached hydrogens (primary N) is 1. The third kappa shape index (κ3) is 2.50. The van der Waals surface area contributed by atoms with Crippen LogP contribution in [0.3, 0.4) is 0 Å². The van der Waals surface area contributed by atoms with Gasteiger partial charge in [0.25, 0.3) is 0 Å². The first-order valence-corrected chi connectivity index (χ1v) is 6.95. The highest BCUT2D eigenvalue weighted by atomic mass is 79.9. The van der Waals surface area contributed by atoms with Crippen molar-refractivity contribution in [2.75, 3.05) is 0 Å². The predicted molar refractivity (Wildman–Crippen MR) is 72.7 cm³/mol. The van der Waals surface area contributed by atoms with Gasteiger partial charge in [-0.1, -0.05) is 29.3 Å². The van der Waals surface area contributed by atoms with Crippen molar-refractivity contribution in [1.82, 2.24) is 0 Å². The minimum absolute atomic E-state index is 0.0719. The van der Waals surface area contributed by atoms with Crippen LogP contribution in [0.4, 0.5) is 4.39 Å². The lowest BCUT2D eigenvalue weighted by atomic mass is 9.78. The number of ketones is 1. The summed E-state index contributed by atoms with van der Waals surface area (Å²) in [6.45, 7) is 1.93. The molecule has 2 nitrogen and oxygen atoms in total. The maximum Gasteiger partial charge on any atom is 0.144 e. The van der Waals surface area contributed by atoms with Crippen LogP contribution in [0.5, 0.6) is 0 Å². The van der Waals surface area contributed by atoms with Gasteiger partial charge in [-0.25, -0.2) is 4.39 Å². The molecule has 1 saturated carbocycles. The van der Waals surface area contributed by atoms with Crippen LogP contribution in [0.15, 0.2) is 22.7 Å². The van der Waals surface area contributed by atoms with Crippen molar-refractivity contribution in [3.8, 4) is 0 Å². The highest BCUT2D eigenvalue weighted by Gasteiger charge is 2.42.